The number of hydrogen-bond acceptors (Lipinski definition) is 6. The van der Waals surface area contributed by atoms with Crippen molar-refractivity contribution in [1.29, 1.82) is 5.41 Å². The highest BCUT2D eigenvalue weighted by atomic mass is 16.4. The molecule has 0 aromatic heterocycles. The van der Waals surface area contributed by atoms with E-state index in [0.717, 1.165) is 0 Å². The Balaban J connectivity index is 4.92. The van der Waals surface area contributed by atoms with Crippen LogP contribution in [0.15, 0.2) is 0 Å². The van der Waals surface area contributed by atoms with Crippen molar-refractivity contribution in [3.05, 3.63) is 0 Å². The second-order valence-electron chi connectivity index (χ2n) is 7.14. The highest BCUT2D eigenvalue weighted by Gasteiger charge is 2.30. The number of nitrogens with one attached hydrogen (secondary N) is 4. The Hall–Kier alpha value is -2.40. The van der Waals surface area contributed by atoms with Crippen LogP contribution in [-0.2, 0) is 14.4 Å². The Morgan fingerprint density at radius 1 is 1.07 bits per heavy atom. The third-order valence-electron chi connectivity index (χ3n) is 4.70. The van der Waals surface area contributed by atoms with Crippen molar-refractivity contribution in [3.63, 3.8) is 0 Å². The van der Waals surface area contributed by atoms with E-state index in [4.69, 9.17) is 22.6 Å². The molecule has 0 spiro atoms. The van der Waals surface area contributed by atoms with E-state index in [9.17, 15) is 19.5 Å². The molecule has 0 radical (unpaired) electrons. The van der Waals surface area contributed by atoms with Gasteiger partial charge in [0, 0.05) is 6.54 Å². The van der Waals surface area contributed by atoms with E-state index in [1.165, 1.54) is 0 Å². The summed E-state index contributed by atoms with van der Waals surface area (Å²) in [6.45, 7) is 4.45. The third kappa shape index (κ3) is 11.3. The van der Waals surface area contributed by atoms with Crippen molar-refractivity contribution in [2.45, 2.75) is 70.5 Å². The fourth-order valence-corrected chi connectivity index (χ4v) is 2.65. The third-order valence-corrected chi connectivity index (χ3v) is 4.70. The normalized spacial score (nSPS) is 14.9. The summed E-state index contributed by atoms with van der Waals surface area (Å²) in [5, 5.41) is 24.2. The van der Waals surface area contributed by atoms with Gasteiger partial charge in [-0.1, -0.05) is 20.3 Å². The predicted octanol–water partition coefficient (Wildman–Crippen LogP) is -1.19. The smallest absolute Gasteiger partial charge is 0.326 e. The molecule has 0 aromatic rings. The number of aliphatic carboxylic acids is 1. The number of amides is 2. The van der Waals surface area contributed by atoms with Crippen molar-refractivity contribution < 1.29 is 19.5 Å². The molecule has 29 heavy (non-hydrogen) atoms. The van der Waals surface area contributed by atoms with Gasteiger partial charge >= 0.3 is 5.97 Å². The molecule has 11 N–H and O–H groups in total. The zero-order chi connectivity index (χ0) is 22.4. The minimum absolute atomic E-state index is 0.158. The Labute approximate surface area is 172 Å². The van der Waals surface area contributed by atoms with Crippen LogP contribution in [0.4, 0.5) is 0 Å². The summed E-state index contributed by atoms with van der Waals surface area (Å²) < 4.78 is 0. The summed E-state index contributed by atoms with van der Waals surface area (Å²) in [7, 11) is 0. The molecule has 0 saturated carbocycles. The fourth-order valence-electron chi connectivity index (χ4n) is 2.65. The second-order valence-corrected chi connectivity index (χ2v) is 7.14. The number of carboxylic acids is 1. The molecule has 0 aliphatic carbocycles. The highest BCUT2D eigenvalue weighted by Crippen LogP contribution is 2.10. The lowest BCUT2D eigenvalue weighted by Gasteiger charge is -2.25. The molecule has 0 aromatic carbocycles. The molecule has 11 nitrogen and oxygen atoms in total. The maximum absolute atomic E-state index is 12.7. The van der Waals surface area contributed by atoms with Gasteiger partial charge in [-0.05, 0) is 44.6 Å². The number of carbonyl (C=O) groups excluding carboxylic acids is 2. The Morgan fingerprint density at radius 3 is 2.24 bits per heavy atom. The van der Waals surface area contributed by atoms with Crippen LogP contribution in [0.25, 0.3) is 0 Å². The van der Waals surface area contributed by atoms with Crippen LogP contribution >= 0.6 is 0 Å². The van der Waals surface area contributed by atoms with Gasteiger partial charge in [0.05, 0.1) is 6.04 Å². The summed E-state index contributed by atoms with van der Waals surface area (Å²) >= 11 is 0. The van der Waals surface area contributed by atoms with Crippen molar-refractivity contribution in [2.24, 2.45) is 23.1 Å². The zero-order valence-electron chi connectivity index (χ0n) is 17.4. The molecule has 168 valence electrons. The van der Waals surface area contributed by atoms with E-state index < -0.39 is 35.9 Å². The van der Waals surface area contributed by atoms with E-state index in [-0.39, 0.29) is 11.9 Å². The molecule has 4 atom stereocenters. The molecule has 0 fully saturated rings. The van der Waals surface area contributed by atoms with Gasteiger partial charge in [0.2, 0.25) is 11.8 Å². The molecule has 0 rings (SSSR count). The summed E-state index contributed by atoms with van der Waals surface area (Å²) in [5.41, 5.74) is 16.6. The topological polar surface area (TPSA) is 209 Å². The first kappa shape index (κ1) is 26.6. The van der Waals surface area contributed by atoms with E-state index in [2.05, 4.69) is 16.0 Å². The van der Waals surface area contributed by atoms with Crippen LogP contribution in [0.2, 0.25) is 0 Å². The van der Waals surface area contributed by atoms with Gasteiger partial charge in [0.15, 0.2) is 5.96 Å². The maximum Gasteiger partial charge on any atom is 0.326 e. The van der Waals surface area contributed by atoms with Gasteiger partial charge in [-0.15, -0.1) is 0 Å². The van der Waals surface area contributed by atoms with E-state index in [1.807, 2.05) is 6.92 Å². The summed E-state index contributed by atoms with van der Waals surface area (Å²) in [6, 6.07) is -2.76. The molecule has 0 unspecified atom stereocenters. The molecule has 0 saturated heterocycles. The lowest BCUT2D eigenvalue weighted by Crippen LogP contribution is -2.55. The lowest BCUT2D eigenvalue weighted by molar-refractivity contribution is -0.143. The van der Waals surface area contributed by atoms with Gasteiger partial charge in [0.25, 0.3) is 0 Å². The average molecular weight is 416 g/mol. The van der Waals surface area contributed by atoms with Gasteiger partial charge < -0.3 is 38.3 Å². The van der Waals surface area contributed by atoms with Crippen molar-refractivity contribution >= 4 is 23.7 Å². The maximum atomic E-state index is 12.7. The Bertz CT molecular complexity index is 544. The highest BCUT2D eigenvalue weighted by molar-refractivity contribution is 5.91. The SMILES string of the molecule is CC[C@H](C)[C@H](NC(=O)[C@@H](CCCCN)NC(=O)[C@H](N)CCCNC(=N)N)C(=O)O. The number of guanidine groups is 1. The number of hydrogen-bond donors (Lipinski definition) is 8. The van der Waals surface area contributed by atoms with Crippen molar-refractivity contribution in [1.82, 2.24) is 16.0 Å². The minimum Gasteiger partial charge on any atom is -0.480 e. The number of unbranched alkanes of at least 4 members (excludes halogenated alkanes) is 1. The van der Waals surface area contributed by atoms with Crippen molar-refractivity contribution in [3.8, 4) is 0 Å². The molecular formula is C18H37N7O4. The van der Waals surface area contributed by atoms with Gasteiger partial charge in [-0.3, -0.25) is 15.0 Å². The first-order valence-electron chi connectivity index (χ1n) is 10.0. The average Bonchev–Trinajstić information content (AvgIpc) is 2.67. The van der Waals surface area contributed by atoms with E-state index in [1.54, 1.807) is 6.92 Å². The number of rotatable bonds is 15. The molecule has 0 aliphatic heterocycles. The van der Waals surface area contributed by atoms with Crippen LogP contribution in [-0.4, -0.2) is 60.1 Å². The van der Waals surface area contributed by atoms with Crippen molar-refractivity contribution in [2.75, 3.05) is 13.1 Å². The fraction of sp³-hybridized carbons (Fsp3) is 0.778. The lowest BCUT2D eigenvalue weighted by atomic mass is 9.98. The van der Waals surface area contributed by atoms with Crippen LogP contribution in [0.3, 0.4) is 0 Å². The molecule has 0 bridgehead atoms. The Morgan fingerprint density at radius 2 is 1.72 bits per heavy atom. The second kappa shape index (κ2) is 14.6. The number of nitrogens with two attached hydrogens (primary N) is 3. The zero-order valence-corrected chi connectivity index (χ0v) is 17.4. The molecule has 11 heteroatoms. The monoisotopic (exact) mass is 415 g/mol. The number of carboxylic acid groups (broad SMARTS) is 1. The summed E-state index contributed by atoms with van der Waals surface area (Å²) in [5.74, 6) is -2.57. The van der Waals surface area contributed by atoms with Gasteiger partial charge in [-0.25, -0.2) is 4.79 Å². The molecular weight excluding hydrogens is 378 g/mol. The molecule has 0 heterocycles. The molecule has 0 aliphatic rings. The predicted molar refractivity (Wildman–Crippen MR) is 111 cm³/mol. The van der Waals surface area contributed by atoms with Gasteiger partial charge in [-0.2, -0.15) is 0 Å². The quantitative estimate of drug-likeness (QED) is 0.0923. The van der Waals surface area contributed by atoms with Crippen LogP contribution in [0.1, 0.15) is 52.4 Å². The van der Waals surface area contributed by atoms with Crippen LogP contribution < -0.4 is 33.2 Å². The minimum atomic E-state index is -1.12. The summed E-state index contributed by atoms with van der Waals surface area (Å²) in [6.07, 6.45) is 3.06. The van der Waals surface area contributed by atoms with E-state index in [0.29, 0.717) is 51.6 Å². The Kier molecular flexibility index (Phi) is 13.4. The number of carbonyl (C=O) groups is 3. The van der Waals surface area contributed by atoms with Gasteiger partial charge in [0.1, 0.15) is 12.1 Å². The largest absolute Gasteiger partial charge is 0.480 e. The standard InChI is InChI=1S/C18H37N7O4/c1-3-11(2)14(17(28)29)25-16(27)13(8-4-5-9-19)24-15(26)12(20)7-6-10-23-18(21)22/h11-14H,3-10,19-20H2,1-2H3,(H,24,26)(H,25,27)(H,28,29)(H4,21,22,23)/t11-,12+,13+,14-/m0/s1. The molecule has 2 amide bonds. The van der Waals surface area contributed by atoms with Crippen LogP contribution in [0.5, 0.6) is 0 Å². The van der Waals surface area contributed by atoms with Crippen LogP contribution in [0, 0.1) is 11.3 Å². The van der Waals surface area contributed by atoms with E-state index >= 15 is 0 Å². The summed E-state index contributed by atoms with van der Waals surface area (Å²) in [4.78, 5) is 36.5. The first-order chi connectivity index (χ1) is 13.6. The first-order valence-corrected chi connectivity index (χ1v) is 10.0.